The van der Waals surface area contributed by atoms with E-state index in [-0.39, 0.29) is 5.43 Å². The predicted octanol–water partition coefficient (Wildman–Crippen LogP) is 1.62. The second-order valence-electron chi connectivity index (χ2n) is 2.66. The molecule has 1 aliphatic carbocycles. The van der Waals surface area contributed by atoms with Crippen LogP contribution >= 0.6 is 0 Å². The molecule has 0 N–H and O–H groups in total. The van der Waals surface area contributed by atoms with Crippen molar-refractivity contribution in [3.63, 3.8) is 0 Å². The van der Waals surface area contributed by atoms with Gasteiger partial charge in [0.2, 0.25) is 0 Å². The maximum absolute atomic E-state index is 11.0. The van der Waals surface area contributed by atoms with Gasteiger partial charge < -0.3 is 0 Å². The maximum atomic E-state index is 11.0. The highest BCUT2D eigenvalue weighted by molar-refractivity contribution is 5.58. The molecule has 2 rings (SSSR count). The van der Waals surface area contributed by atoms with Crippen LogP contribution < -0.4 is 5.43 Å². The molecule has 0 saturated carbocycles. The fraction of sp³-hybridized carbons (Fsp3) is 0.100. The van der Waals surface area contributed by atoms with Crippen LogP contribution in [0, 0.1) is 0 Å². The Morgan fingerprint density at radius 2 is 2.18 bits per heavy atom. The Morgan fingerprint density at radius 1 is 1.27 bits per heavy atom. The average molecular weight is 144 g/mol. The Bertz CT molecular complexity index is 364. The fourth-order valence-electron chi connectivity index (χ4n) is 1.30. The third kappa shape index (κ3) is 1.09. The van der Waals surface area contributed by atoms with Crippen molar-refractivity contribution in [2.45, 2.75) is 6.42 Å². The lowest BCUT2D eigenvalue weighted by Crippen LogP contribution is -1.90. The number of hydrogen-bond acceptors (Lipinski definition) is 1. The molecule has 54 valence electrons. The summed E-state index contributed by atoms with van der Waals surface area (Å²) in [5.41, 5.74) is 2.39. The molecule has 11 heavy (non-hydrogen) atoms. The lowest BCUT2D eigenvalue weighted by molar-refractivity contribution is 1.32. The van der Waals surface area contributed by atoms with Crippen LogP contribution in [0.25, 0.3) is 6.08 Å². The molecular weight excluding hydrogens is 136 g/mol. The summed E-state index contributed by atoms with van der Waals surface area (Å²) in [4.78, 5) is 11.0. The van der Waals surface area contributed by atoms with Gasteiger partial charge in [0, 0.05) is 0 Å². The third-order valence-corrected chi connectivity index (χ3v) is 1.86. The van der Waals surface area contributed by atoms with Crippen molar-refractivity contribution in [1.82, 2.24) is 0 Å². The molecule has 0 atom stereocenters. The van der Waals surface area contributed by atoms with E-state index in [0.717, 1.165) is 12.0 Å². The van der Waals surface area contributed by atoms with Crippen molar-refractivity contribution in [2.24, 2.45) is 0 Å². The monoisotopic (exact) mass is 144 g/mol. The Balaban J connectivity index is 2.76. The molecule has 0 aromatic heterocycles. The van der Waals surface area contributed by atoms with Gasteiger partial charge >= 0.3 is 0 Å². The molecule has 0 saturated heterocycles. The first-order chi connectivity index (χ1) is 5.36. The van der Waals surface area contributed by atoms with Gasteiger partial charge in [-0.25, -0.2) is 0 Å². The van der Waals surface area contributed by atoms with Gasteiger partial charge in [0.25, 0.3) is 0 Å². The Labute approximate surface area is 65.0 Å². The van der Waals surface area contributed by atoms with E-state index in [9.17, 15) is 4.79 Å². The summed E-state index contributed by atoms with van der Waals surface area (Å²) in [5, 5.41) is 0. The first-order valence-electron chi connectivity index (χ1n) is 3.66. The summed E-state index contributed by atoms with van der Waals surface area (Å²) < 4.78 is 0. The lowest BCUT2D eigenvalue weighted by Gasteiger charge is -1.86. The molecule has 0 spiro atoms. The van der Waals surface area contributed by atoms with E-state index in [4.69, 9.17) is 0 Å². The maximum Gasteiger partial charge on any atom is 0.179 e. The summed E-state index contributed by atoms with van der Waals surface area (Å²) in [5.74, 6) is 0. The van der Waals surface area contributed by atoms with Gasteiger partial charge in [-0.05, 0) is 29.7 Å². The number of fused-ring (bicyclic) bond motifs is 1. The predicted molar refractivity (Wildman–Crippen MR) is 45.5 cm³/mol. The standard InChI is InChI=1S/C10H8O/c11-10-6-2-4-8-3-1-5-9(8)7-10/h1-2,4-7H,3H2. The van der Waals surface area contributed by atoms with Gasteiger partial charge in [-0.2, -0.15) is 0 Å². The highest BCUT2D eigenvalue weighted by Gasteiger charge is 2.01. The van der Waals surface area contributed by atoms with Gasteiger partial charge in [-0.1, -0.05) is 24.3 Å². The van der Waals surface area contributed by atoms with E-state index in [1.165, 1.54) is 5.56 Å². The normalized spacial score (nSPS) is 13.1. The minimum absolute atomic E-state index is 0.0813. The van der Waals surface area contributed by atoms with E-state index in [1.807, 2.05) is 18.2 Å². The molecule has 1 aromatic rings. The minimum Gasteiger partial charge on any atom is -0.290 e. The first kappa shape index (κ1) is 6.35. The smallest absolute Gasteiger partial charge is 0.179 e. The van der Waals surface area contributed by atoms with Crippen molar-refractivity contribution < 1.29 is 0 Å². The SMILES string of the molecule is O=c1cccc2c(c1)C=CC2. The zero-order valence-corrected chi connectivity index (χ0v) is 6.08. The second-order valence-corrected chi connectivity index (χ2v) is 2.66. The van der Waals surface area contributed by atoms with Crippen LogP contribution in [0.1, 0.15) is 11.1 Å². The summed E-state index contributed by atoms with van der Waals surface area (Å²) >= 11 is 0. The van der Waals surface area contributed by atoms with Gasteiger partial charge in [-0.3, -0.25) is 4.79 Å². The van der Waals surface area contributed by atoms with Crippen molar-refractivity contribution >= 4 is 6.08 Å². The molecule has 1 aliphatic rings. The molecule has 0 bridgehead atoms. The Kier molecular flexibility index (Phi) is 1.35. The van der Waals surface area contributed by atoms with Crippen molar-refractivity contribution in [2.75, 3.05) is 0 Å². The van der Waals surface area contributed by atoms with Crippen LogP contribution in [0.15, 0.2) is 35.1 Å². The molecule has 0 unspecified atom stereocenters. The van der Waals surface area contributed by atoms with E-state index in [2.05, 4.69) is 6.08 Å². The summed E-state index contributed by atoms with van der Waals surface area (Å²) in [6, 6.07) is 7.08. The van der Waals surface area contributed by atoms with Crippen LogP contribution in [0.3, 0.4) is 0 Å². The molecule has 0 heterocycles. The molecule has 0 amide bonds. The zero-order valence-electron chi connectivity index (χ0n) is 6.08. The van der Waals surface area contributed by atoms with Gasteiger partial charge in [0.05, 0.1) is 0 Å². The summed E-state index contributed by atoms with van der Waals surface area (Å²) in [6.45, 7) is 0. The highest BCUT2D eigenvalue weighted by atomic mass is 16.1. The molecule has 1 aromatic carbocycles. The molecule has 0 fully saturated rings. The van der Waals surface area contributed by atoms with E-state index < -0.39 is 0 Å². The number of rotatable bonds is 0. The Hall–Kier alpha value is -1.37. The molecule has 0 radical (unpaired) electrons. The van der Waals surface area contributed by atoms with Gasteiger partial charge in [-0.15, -0.1) is 0 Å². The lowest BCUT2D eigenvalue weighted by atomic mass is 10.2. The minimum atomic E-state index is 0.0813. The quantitative estimate of drug-likeness (QED) is 0.540. The van der Waals surface area contributed by atoms with E-state index >= 15 is 0 Å². The largest absolute Gasteiger partial charge is 0.290 e. The summed E-state index contributed by atoms with van der Waals surface area (Å²) in [7, 11) is 0. The molecule has 1 nitrogen and oxygen atoms in total. The van der Waals surface area contributed by atoms with Crippen LogP contribution in [0.5, 0.6) is 0 Å². The van der Waals surface area contributed by atoms with Gasteiger partial charge in [0.15, 0.2) is 5.43 Å². The fourth-order valence-corrected chi connectivity index (χ4v) is 1.30. The van der Waals surface area contributed by atoms with E-state index in [1.54, 1.807) is 12.1 Å². The topological polar surface area (TPSA) is 17.1 Å². The molecule has 0 aliphatic heterocycles. The second kappa shape index (κ2) is 2.35. The van der Waals surface area contributed by atoms with Crippen LogP contribution in [0.4, 0.5) is 0 Å². The molecule has 1 heteroatoms. The van der Waals surface area contributed by atoms with Gasteiger partial charge in [0.1, 0.15) is 0 Å². The average Bonchev–Trinajstić information content (AvgIpc) is 2.31. The van der Waals surface area contributed by atoms with Crippen LogP contribution in [-0.4, -0.2) is 0 Å². The zero-order chi connectivity index (χ0) is 7.68. The number of hydrogen-bond donors (Lipinski definition) is 0. The Morgan fingerprint density at radius 3 is 3.09 bits per heavy atom. The van der Waals surface area contributed by atoms with Crippen molar-refractivity contribution in [3.8, 4) is 0 Å². The summed E-state index contributed by atoms with van der Waals surface area (Å²) in [6.07, 6.45) is 5.03. The molecular formula is C10H8O. The van der Waals surface area contributed by atoms with E-state index in [0.29, 0.717) is 0 Å². The first-order valence-corrected chi connectivity index (χ1v) is 3.66. The third-order valence-electron chi connectivity index (χ3n) is 1.86. The van der Waals surface area contributed by atoms with Crippen LogP contribution in [0.2, 0.25) is 0 Å². The highest BCUT2D eigenvalue weighted by Crippen LogP contribution is 2.15. The number of allylic oxidation sites excluding steroid dienone is 1. The van der Waals surface area contributed by atoms with Crippen LogP contribution in [-0.2, 0) is 6.42 Å². The van der Waals surface area contributed by atoms with Crippen molar-refractivity contribution in [3.05, 3.63) is 51.7 Å². The van der Waals surface area contributed by atoms with Crippen molar-refractivity contribution in [1.29, 1.82) is 0 Å².